The molecule has 0 atom stereocenters. The van der Waals surface area contributed by atoms with E-state index in [1.54, 1.807) is 12.3 Å². The van der Waals surface area contributed by atoms with Crippen LogP contribution in [-0.4, -0.2) is 4.98 Å². The van der Waals surface area contributed by atoms with Gasteiger partial charge < -0.3 is 5.73 Å². The molecule has 0 radical (unpaired) electrons. The molecule has 17 heavy (non-hydrogen) atoms. The fraction of sp³-hybridized carbons (Fsp3) is 0.0833. The summed E-state index contributed by atoms with van der Waals surface area (Å²) in [5, 5.41) is 0.813. The zero-order chi connectivity index (χ0) is 12.3. The largest absolute Gasteiger partial charge is 0.326 e. The van der Waals surface area contributed by atoms with Crippen molar-refractivity contribution >= 4 is 27.7 Å². The highest BCUT2D eigenvalue weighted by Gasteiger charge is 2.08. The van der Waals surface area contributed by atoms with Crippen molar-refractivity contribution in [1.29, 1.82) is 0 Å². The van der Waals surface area contributed by atoms with Gasteiger partial charge in [-0.3, -0.25) is 0 Å². The molecule has 1 aromatic carbocycles. The number of benzene rings is 1. The molecule has 2 N–H and O–H groups in total. The lowest BCUT2D eigenvalue weighted by Crippen LogP contribution is -2.01. The van der Waals surface area contributed by atoms with Crippen LogP contribution in [0.5, 0.6) is 0 Å². The Bertz CT molecular complexity index is 516. The number of nitrogens with zero attached hydrogens (tertiary/aromatic N) is 1. The molecular formula is C12H10BrFN2S. The van der Waals surface area contributed by atoms with Crippen molar-refractivity contribution in [3.8, 4) is 0 Å². The predicted molar refractivity (Wildman–Crippen MR) is 70.4 cm³/mol. The van der Waals surface area contributed by atoms with Crippen LogP contribution >= 0.6 is 27.7 Å². The third kappa shape index (κ3) is 3.06. The number of hydrogen-bond donors (Lipinski definition) is 1. The van der Waals surface area contributed by atoms with Crippen molar-refractivity contribution in [2.45, 2.75) is 16.5 Å². The summed E-state index contributed by atoms with van der Waals surface area (Å²) < 4.78 is 14.4. The maximum absolute atomic E-state index is 13.5. The molecule has 1 aromatic heterocycles. The minimum absolute atomic E-state index is 0.186. The maximum atomic E-state index is 13.5. The first kappa shape index (κ1) is 12.5. The summed E-state index contributed by atoms with van der Waals surface area (Å²) in [5.41, 5.74) is 6.08. The van der Waals surface area contributed by atoms with E-state index in [2.05, 4.69) is 20.9 Å². The van der Waals surface area contributed by atoms with Crippen LogP contribution < -0.4 is 5.73 Å². The molecular weight excluding hydrogens is 303 g/mol. The first-order chi connectivity index (χ1) is 8.20. The number of halogens is 2. The molecule has 0 bridgehead atoms. The van der Waals surface area contributed by atoms with Gasteiger partial charge in [0.25, 0.3) is 0 Å². The van der Waals surface area contributed by atoms with Crippen LogP contribution in [0.25, 0.3) is 0 Å². The molecule has 0 aliphatic rings. The first-order valence-electron chi connectivity index (χ1n) is 4.97. The molecule has 0 amide bonds. The monoisotopic (exact) mass is 312 g/mol. The molecule has 0 saturated heterocycles. The van der Waals surface area contributed by atoms with Crippen molar-refractivity contribution < 1.29 is 4.39 Å². The van der Waals surface area contributed by atoms with E-state index in [-0.39, 0.29) is 12.4 Å². The van der Waals surface area contributed by atoms with Crippen molar-refractivity contribution in [3.63, 3.8) is 0 Å². The molecule has 88 valence electrons. The molecule has 0 saturated carbocycles. The van der Waals surface area contributed by atoms with Gasteiger partial charge in [0.1, 0.15) is 10.8 Å². The van der Waals surface area contributed by atoms with E-state index in [0.717, 1.165) is 14.4 Å². The van der Waals surface area contributed by atoms with Crippen LogP contribution in [0.2, 0.25) is 0 Å². The summed E-state index contributed by atoms with van der Waals surface area (Å²) in [7, 11) is 0. The second kappa shape index (κ2) is 5.62. The van der Waals surface area contributed by atoms with Crippen molar-refractivity contribution in [2.75, 3.05) is 0 Å². The summed E-state index contributed by atoms with van der Waals surface area (Å²) in [6.45, 7) is 0.186. The third-order valence-electron chi connectivity index (χ3n) is 2.19. The number of aromatic nitrogens is 1. The lowest BCUT2D eigenvalue weighted by atomic mass is 10.2. The van der Waals surface area contributed by atoms with Gasteiger partial charge in [-0.05, 0) is 40.2 Å². The van der Waals surface area contributed by atoms with Crippen molar-refractivity contribution in [3.05, 3.63) is 52.4 Å². The molecule has 2 rings (SSSR count). The lowest BCUT2D eigenvalue weighted by Gasteiger charge is -2.07. The Kier molecular flexibility index (Phi) is 4.15. The topological polar surface area (TPSA) is 38.9 Å². The van der Waals surface area contributed by atoms with Gasteiger partial charge in [0.15, 0.2) is 0 Å². The number of rotatable bonds is 3. The molecule has 5 heteroatoms. The summed E-state index contributed by atoms with van der Waals surface area (Å²) >= 11 is 4.73. The zero-order valence-electron chi connectivity index (χ0n) is 8.86. The summed E-state index contributed by atoms with van der Waals surface area (Å²) in [4.78, 5) is 5.04. The van der Waals surface area contributed by atoms with Gasteiger partial charge in [-0.25, -0.2) is 9.37 Å². The molecule has 0 aliphatic heterocycles. The normalized spacial score (nSPS) is 10.5. The highest BCUT2D eigenvalue weighted by atomic mass is 79.9. The van der Waals surface area contributed by atoms with Gasteiger partial charge in [-0.15, -0.1) is 0 Å². The second-order valence-corrected chi connectivity index (χ2v) is 5.32. The molecule has 0 unspecified atom stereocenters. The Morgan fingerprint density at radius 2 is 2.12 bits per heavy atom. The standard InChI is InChI=1S/C12H10BrFN2S/c13-8-4-5-12(16-7-8)17-11-3-1-2-10(14)9(11)6-15/h1-5,7H,6,15H2. The fourth-order valence-electron chi connectivity index (χ4n) is 1.37. The Hall–Kier alpha value is -0.910. The van der Waals surface area contributed by atoms with Crippen molar-refractivity contribution in [1.82, 2.24) is 4.98 Å². The van der Waals surface area contributed by atoms with Crippen LogP contribution in [0.1, 0.15) is 5.56 Å². The van der Waals surface area contributed by atoms with Gasteiger partial charge in [-0.1, -0.05) is 17.8 Å². The summed E-state index contributed by atoms with van der Waals surface area (Å²) in [6, 6.07) is 8.72. The molecule has 0 fully saturated rings. The maximum Gasteiger partial charge on any atom is 0.128 e. The van der Waals surface area contributed by atoms with Crippen LogP contribution in [0.15, 0.2) is 50.9 Å². The molecule has 2 aromatic rings. The summed E-state index contributed by atoms with van der Waals surface area (Å²) in [6.07, 6.45) is 1.71. The third-order valence-corrected chi connectivity index (χ3v) is 3.72. The molecule has 2 nitrogen and oxygen atoms in total. The number of hydrogen-bond acceptors (Lipinski definition) is 3. The lowest BCUT2D eigenvalue weighted by molar-refractivity contribution is 0.604. The van der Waals surface area contributed by atoms with E-state index < -0.39 is 0 Å². The minimum Gasteiger partial charge on any atom is -0.326 e. The zero-order valence-corrected chi connectivity index (χ0v) is 11.3. The minimum atomic E-state index is -0.269. The number of pyridine rings is 1. The Morgan fingerprint density at radius 3 is 2.76 bits per heavy atom. The number of nitrogens with two attached hydrogens (primary N) is 1. The summed E-state index contributed by atoms with van der Waals surface area (Å²) in [5.74, 6) is -0.269. The molecule has 0 aliphatic carbocycles. The highest BCUT2D eigenvalue weighted by Crippen LogP contribution is 2.30. The quantitative estimate of drug-likeness (QED) is 0.941. The van der Waals surface area contributed by atoms with E-state index in [1.165, 1.54) is 17.8 Å². The fourth-order valence-corrected chi connectivity index (χ4v) is 2.52. The average Bonchev–Trinajstić information content (AvgIpc) is 2.32. The van der Waals surface area contributed by atoms with Gasteiger partial charge >= 0.3 is 0 Å². The Morgan fingerprint density at radius 1 is 1.29 bits per heavy atom. The predicted octanol–water partition coefficient (Wildman–Crippen LogP) is 3.59. The van der Waals surface area contributed by atoms with Crippen LogP contribution in [-0.2, 0) is 6.54 Å². The Balaban J connectivity index is 2.29. The van der Waals surface area contributed by atoms with Gasteiger partial charge in [0, 0.05) is 27.7 Å². The SMILES string of the molecule is NCc1c(F)cccc1Sc1ccc(Br)cn1. The van der Waals surface area contributed by atoms with E-state index in [4.69, 9.17) is 5.73 Å². The van der Waals surface area contributed by atoms with Crippen LogP contribution in [0.4, 0.5) is 4.39 Å². The Labute approximate surface area is 112 Å². The first-order valence-corrected chi connectivity index (χ1v) is 6.58. The van der Waals surface area contributed by atoms with E-state index in [9.17, 15) is 4.39 Å². The van der Waals surface area contributed by atoms with E-state index >= 15 is 0 Å². The van der Waals surface area contributed by atoms with Crippen LogP contribution in [0.3, 0.4) is 0 Å². The van der Waals surface area contributed by atoms with Crippen molar-refractivity contribution in [2.24, 2.45) is 5.73 Å². The van der Waals surface area contributed by atoms with Gasteiger partial charge in [-0.2, -0.15) is 0 Å². The van der Waals surface area contributed by atoms with Gasteiger partial charge in [0.05, 0.1) is 0 Å². The van der Waals surface area contributed by atoms with Gasteiger partial charge in [0.2, 0.25) is 0 Å². The van der Waals surface area contributed by atoms with E-state index in [0.29, 0.717) is 5.56 Å². The van der Waals surface area contributed by atoms with Crippen LogP contribution in [0, 0.1) is 5.82 Å². The molecule has 1 heterocycles. The van der Waals surface area contributed by atoms with E-state index in [1.807, 2.05) is 18.2 Å². The smallest absolute Gasteiger partial charge is 0.128 e. The average molecular weight is 313 g/mol. The highest BCUT2D eigenvalue weighted by molar-refractivity contribution is 9.10. The molecule has 0 spiro atoms. The second-order valence-electron chi connectivity index (χ2n) is 3.34.